The number of halogens is 2. The topological polar surface area (TPSA) is 71.1 Å². The van der Waals surface area contributed by atoms with E-state index < -0.39 is 0 Å². The van der Waals surface area contributed by atoms with Crippen molar-refractivity contribution < 1.29 is 13.9 Å². The normalized spacial score (nSPS) is 16.6. The van der Waals surface area contributed by atoms with Crippen molar-refractivity contribution in [2.24, 2.45) is 0 Å². The zero-order valence-corrected chi connectivity index (χ0v) is 15.8. The van der Waals surface area contributed by atoms with Gasteiger partial charge < -0.3 is 14.6 Å². The molecule has 2 aromatic heterocycles. The minimum absolute atomic E-state index is 0.120. The van der Waals surface area contributed by atoms with E-state index in [1.807, 2.05) is 13.0 Å². The Hall–Kier alpha value is -2.48. The molecule has 0 aliphatic carbocycles. The van der Waals surface area contributed by atoms with Crippen LogP contribution in [0, 0.1) is 5.82 Å². The molecule has 0 unspecified atom stereocenters. The number of hydrogen-bond acceptors (Lipinski definition) is 4. The van der Waals surface area contributed by atoms with Gasteiger partial charge in [0.25, 0.3) is 5.91 Å². The number of rotatable bonds is 2. The summed E-state index contributed by atoms with van der Waals surface area (Å²) in [5.74, 6) is 0.0428. The maximum Gasteiger partial charge on any atom is 0.292 e. The van der Waals surface area contributed by atoms with Gasteiger partial charge in [0.05, 0.1) is 35.5 Å². The summed E-state index contributed by atoms with van der Waals surface area (Å²) < 4.78 is 19.9. The van der Waals surface area contributed by atoms with Gasteiger partial charge in [0.1, 0.15) is 0 Å². The van der Waals surface area contributed by atoms with Crippen LogP contribution in [0.3, 0.4) is 0 Å². The van der Waals surface area contributed by atoms with Gasteiger partial charge in [-0.05, 0) is 28.9 Å². The molecule has 3 heterocycles. The third-order valence-corrected chi connectivity index (χ3v) is 5.40. The molecule has 1 aliphatic heterocycles. The predicted molar refractivity (Wildman–Crippen MR) is 97.7 cm³/mol. The maximum atomic E-state index is 14.4. The lowest BCUT2D eigenvalue weighted by Gasteiger charge is -2.33. The summed E-state index contributed by atoms with van der Waals surface area (Å²) >= 11 is 3.22. The van der Waals surface area contributed by atoms with Gasteiger partial charge >= 0.3 is 0 Å². The highest BCUT2D eigenvalue weighted by molar-refractivity contribution is 9.10. The van der Waals surface area contributed by atoms with Crippen LogP contribution in [0.2, 0.25) is 0 Å². The Morgan fingerprint density at radius 1 is 1.38 bits per heavy atom. The molecule has 4 rings (SSSR count). The summed E-state index contributed by atoms with van der Waals surface area (Å²) in [6, 6.07) is 3.34. The van der Waals surface area contributed by atoms with E-state index in [-0.39, 0.29) is 23.6 Å². The molecule has 0 fully saturated rings. The Morgan fingerprint density at radius 2 is 2.12 bits per heavy atom. The van der Waals surface area contributed by atoms with Gasteiger partial charge in [-0.15, -0.1) is 0 Å². The van der Waals surface area contributed by atoms with Crippen LogP contribution >= 0.6 is 15.9 Å². The molecule has 0 spiro atoms. The van der Waals surface area contributed by atoms with E-state index in [0.29, 0.717) is 28.7 Å². The third kappa shape index (κ3) is 2.56. The molecule has 0 saturated carbocycles. The molecule has 6 nitrogen and oxygen atoms in total. The van der Waals surface area contributed by atoms with Crippen molar-refractivity contribution in [2.75, 3.05) is 13.7 Å². The zero-order chi connectivity index (χ0) is 18.4. The quantitative estimate of drug-likeness (QED) is 0.689. The Balaban J connectivity index is 1.72. The Kier molecular flexibility index (Phi) is 4.14. The van der Waals surface area contributed by atoms with Crippen molar-refractivity contribution in [3.63, 3.8) is 0 Å². The lowest BCUT2D eigenvalue weighted by atomic mass is 9.97. The maximum absolute atomic E-state index is 14.4. The summed E-state index contributed by atoms with van der Waals surface area (Å²) in [7, 11) is 1.52. The number of hydrogen-bond donors (Lipinski definition) is 1. The molecular weight excluding hydrogens is 403 g/mol. The first kappa shape index (κ1) is 17.0. The fourth-order valence-corrected chi connectivity index (χ4v) is 3.80. The molecule has 1 N–H and O–H groups in total. The van der Waals surface area contributed by atoms with Crippen molar-refractivity contribution in [3.8, 4) is 5.75 Å². The number of carbonyl (C=O) groups excluding carboxylic acids is 1. The number of nitrogens with one attached hydrogen (secondary N) is 1. The van der Waals surface area contributed by atoms with E-state index in [1.54, 1.807) is 11.0 Å². The highest BCUT2D eigenvalue weighted by Crippen LogP contribution is 2.38. The zero-order valence-electron chi connectivity index (χ0n) is 14.2. The molecule has 1 aromatic carbocycles. The summed E-state index contributed by atoms with van der Waals surface area (Å²) in [6.07, 6.45) is 3.56. The van der Waals surface area contributed by atoms with Crippen LogP contribution in [0.15, 0.2) is 29.0 Å². The lowest BCUT2D eigenvalue weighted by Crippen LogP contribution is -2.39. The molecule has 134 valence electrons. The number of methoxy groups -OCH3 is 1. The molecule has 1 amide bonds. The van der Waals surface area contributed by atoms with Crippen molar-refractivity contribution in [2.45, 2.75) is 19.4 Å². The van der Waals surface area contributed by atoms with Crippen molar-refractivity contribution in [1.82, 2.24) is 19.9 Å². The fourth-order valence-electron chi connectivity index (χ4n) is 3.47. The molecule has 0 bridgehead atoms. The van der Waals surface area contributed by atoms with Gasteiger partial charge in [-0.2, -0.15) is 0 Å². The van der Waals surface area contributed by atoms with E-state index in [0.717, 1.165) is 16.6 Å². The van der Waals surface area contributed by atoms with Crippen LogP contribution in [-0.2, 0) is 6.42 Å². The minimum Gasteiger partial charge on any atom is -0.494 e. The average Bonchev–Trinajstić information content (AvgIpc) is 3.05. The molecule has 8 heteroatoms. The van der Waals surface area contributed by atoms with Crippen LogP contribution in [0.5, 0.6) is 5.75 Å². The predicted octanol–water partition coefficient (Wildman–Crippen LogP) is 3.63. The number of aromatic amines is 1. The highest BCUT2D eigenvalue weighted by Gasteiger charge is 2.32. The first-order valence-electron chi connectivity index (χ1n) is 8.16. The second kappa shape index (κ2) is 6.35. The Bertz CT molecular complexity index is 1000. The van der Waals surface area contributed by atoms with Crippen LogP contribution in [-0.4, -0.2) is 39.4 Å². The first-order valence-corrected chi connectivity index (χ1v) is 8.96. The van der Waals surface area contributed by atoms with Crippen molar-refractivity contribution in [3.05, 3.63) is 51.9 Å². The number of ether oxygens (including phenoxy) is 1. The number of amides is 1. The van der Waals surface area contributed by atoms with E-state index in [2.05, 4.69) is 30.9 Å². The fraction of sp³-hybridized carbons (Fsp3) is 0.278. The Labute approximate surface area is 157 Å². The van der Waals surface area contributed by atoms with Crippen LogP contribution < -0.4 is 4.74 Å². The van der Waals surface area contributed by atoms with Crippen molar-refractivity contribution in [1.29, 1.82) is 0 Å². The van der Waals surface area contributed by atoms with Crippen LogP contribution in [0.4, 0.5) is 4.39 Å². The number of fused-ring (bicyclic) bond motifs is 3. The summed E-state index contributed by atoms with van der Waals surface area (Å²) in [6.45, 7) is 2.45. The SMILES string of the molecule is COc1cnc(C(=O)N2CCc3[nH]c4c(F)c(Br)ccc4c3[C@@H]2C)nc1. The average molecular weight is 419 g/mol. The number of carbonyl (C=O) groups is 1. The number of benzene rings is 1. The van der Waals surface area contributed by atoms with Gasteiger partial charge in [-0.1, -0.05) is 6.07 Å². The molecule has 0 radical (unpaired) electrons. The van der Waals surface area contributed by atoms with E-state index in [1.165, 1.54) is 19.5 Å². The van der Waals surface area contributed by atoms with Gasteiger partial charge in [-0.25, -0.2) is 14.4 Å². The molecule has 1 atom stereocenters. The number of H-pyrrole nitrogens is 1. The standard InChI is InChI=1S/C18H16BrFN4O2/c1-9-14-11-3-4-12(19)15(20)16(11)23-13(14)5-6-24(9)18(25)17-21-7-10(26-2)8-22-17/h3-4,7-9,23H,5-6H2,1-2H3/t9-/m0/s1. The Morgan fingerprint density at radius 3 is 2.81 bits per heavy atom. The molecular formula is C18H16BrFN4O2. The second-order valence-electron chi connectivity index (χ2n) is 6.17. The van der Waals surface area contributed by atoms with E-state index >= 15 is 0 Å². The van der Waals surface area contributed by atoms with Crippen LogP contribution in [0.25, 0.3) is 10.9 Å². The number of nitrogens with zero attached hydrogens (tertiary/aromatic N) is 3. The lowest BCUT2D eigenvalue weighted by molar-refractivity contribution is 0.0665. The second-order valence-corrected chi connectivity index (χ2v) is 7.03. The van der Waals surface area contributed by atoms with Gasteiger partial charge in [0.15, 0.2) is 11.6 Å². The van der Waals surface area contributed by atoms with Gasteiger partial charge in [-0.3, -0.25) is 4.79 Å². The number of aromatic nitrogens is 3. The third-order valence-electron chi connectivity index (χ3n) is 4.79. The monoisotopic (exact) mass is 418 g/mol. The highest BCUT2D eigenvalue weighted by atomic mass is 79.9. The van der Waals surface area contributed by atoms with Gasteiger partial charge in [0.2, 0.25) is 5.82 Å². The first-order chi connectivity index (χ1) is 12.5. The molecule has 26 heavy (non-hydrogen) atoms. The molecule has 3 aromatic rings. The van der Waals surface area contributed by atoms with Gasteiger partial charge in [0, 0.05) is 29.6 Å². The van der Waals surface area contributed by atoms with Crippen LogP contribution in [0.1, 0.15) is 34.8 Å². The summed E-state index contributed by atoms with van der Waals surface area (Å²) in [4.78, 5) is 25.9. The smallest absolute Gasteiger partial charge is 0.292 e. The summed E-state index contributed by atoms with van der Waals surface area (Å²) in [5, 5.41) is 0.793. The molecule has 0 saturated heterocycles. The minimum atomic E-state index is -0.319. The van der Waals surface area contributed by atoms with E-state index in [4.69, 9.17) is 4.74 Å². The van der Waals surface area contributed by atoms with E-state index in [9.17, 15) is 9.18 Å². The largest absolute Gasteiger partial charge is 0.494 e. The summed E-state index contributed by atoms with van der Waals surface area (Å²) in [5.41, 5.74) is 2.37. The molecule has 1 aliphatic rings. The van der Waals surface area contributed by atoms with Crippen molar-refractivity contribution >= 4 is 32.7 Å².